The van der Waals surface area contributed by atoms with Gasteiger partial charge in [0.1, 0.15) is 6.73 Å². The Morgan fingerprint density at radius 2 is 1.92 bits per heavy atom. The number of nitrogens with one attached hydrogen (secondary N) is 1. The highest BCUT2D eigenvalue weighted by Gasteiger charge is 2.27. The molecule has 1 N–H and O–H groups in total. The molecule has 10 heteroatoms. The van der Waals surface area contributed by atoms with Crippen molar-refractivity contribution >= 4 is 24.8 Å². The maximum Gasteiger partial charge on any atom is 0.151 e. The van der Waals surface area contributed by atoms with Gasteiger partial charge in [0.2, 0.25) is 0 Å². The molecule has 0 aliphatic carbocycles. The van der Waals surface area contributed by atoms with E-state index in [9.17, 15) is 0 Å². The van der Waals surface area contributed by atoms with Crippen molar-refractivity contribution in [2.75, 3.05) is 24.6 Å². The van der Waals surface area contributed by atoms with Gasteiger partial charge in [0.25, 0.3) is 0 Å². The molecule has 0 spiro atoms. The molecule has 202 valence electrons. The van der Waals surface area contributed by atoms with Gasteiger partial charge >= 0.3 is 0 Å². The number of ether oxygens (including phenoxy) is 1. The Labute approximate surface area is 226 Å². The number of aromatic nitrogens is 6. The van der Waals surface area contributed by atoms with Gasteiger partial charge in [-0.3, -0.25) is 0 Å². The Kier molecular flexibility index (Phi) is 7.39. The first kappa shape index (κ1) is 26.5. The van der Waals surface area contributed by atoms with E-state index in [0.717, 1.165) is 65.8 Å². The summed E-state index contributed by atoms with van der Waals surface area (Å²) in [5.41, 5.74) is 3.86. The molecule has 5 rings (SSSR count). The van der Waals surface area contributed by atoms with E-state index in [1.54, 1.807) is 6.20 Å². The van der Waals surface area contributed by atoms with Crippen molar-refractivity contribution in [3.05, 3.63) is 48.9 Å². The largest absolute Gasteiger partial charge is 0.360 e. The van der Waals surface area contributed by atoms with Crippen LogP contribution in [0.1, 0.15) is 27.2 Å². The monoisotopic (exact) mass is 532 g/mol. The van der Waals surface area contributed by atoms with Crippen LogP contribution in [-0.4, -0.2) is 69.1 Å². The van der Waals surface area contributed by atoms with Crippen LogP contribution < -0.4 is 10.2 Å². The van der Waals surface area contributed by atoms with E-state index in [2.05, 4.69) is 90.2 Å². The highest BCUT2D eigenvalue weighted by molar-refractivity contribution is 6.76. The minimum absolute atomic E-state index is 0.105. The molecule has 38 heavy (non-hydrogen) atoms. The molecule has 1 aromatic carbocycles. The molecular weight excluding hydrogens is 492 g/mol. The van der Waals surface area contributed by atoms with Crippen LogP contribution in [0.4, 0.5) is 5.82 Å². The highest BCUT2D eigenvalue weighted by atomic mass is 28.3. The van der Waals surface area contributed by atoms with Gasteiger partial charge < -0.3 is 15.0 Å². The van der Waals surface area contributed by atoms with Gasteiger partial charge in [0.05, 0.1) is 23.1 Å². The first-order chi connectivity index (χ1) is 18.1. The average Bonchev–Trinajstić information content (AvgIpc) is 3.61. The van der Waals surface area contributed by atoms with E-state index in [1.165, 1.54) is 0 Å². The SMILES string of the molecule is CC(C)(C)NC1CCN(c2ccc(-c3ccc(-n4cccn4)c4c3cnn4COCC[Si](C)(C)C)nn2)C1. The number of anilines is 1. The fraction of sp³-hybridized carbons (Fsp3) is 0.500. The van der Waals surface area contributed by atoms with E-state index >= 15 is 0 Å². The summed E-state index contributed by atoms with van der Waals surface area (Å²) in [5.74, 6) is 0.919. The zero-order valence-electron chi connectivity index (χ0n) is 23.5. The zero-order valence-corrected chi connectivity index (χ0v) is 24.5. The van der Waals surface area contributed by atoms with Gasteiger partial charge in [-0.1, -0.05) is 19.6 Å². The zero-order chi connectivity index (χ0) is 26.9. The molecule has 1 fully saturated rings. The van der Waals surface area contributed by atoms with Gasteiger partial charge in [-0.05, 0) is 63.6 Å². The Bertz CT molecular complexity index is 1350. The lowest BCUT2D eigenvalue weighted by molar-refractivity contribution is 0.0817. The number of hydrogen-bond donors (Lipinski definition) is 1. The molecule has 0 saturated carbocycles. The van der Waals surface area contributed by atoms with Crippen molar-refractivity contribution in [3.63, 3.8) is 0 Å². The third kappa shape index (κ3) is 6.14. The molecule has 9 nitrogen and oxygen atoms in total. The van der Waals surface area contributed by atoms with Crippen molar-refractivity contribution in [1.82, 2.24) is 35.1 Å². The molecule has 1 aliphatic rings. The predicted molar refractivity (Wildman–Crippen MR) is 155 cm³/mol. The van der Waals surface area contributed by atoms with Crippen molar-refractivity contribution in [3.8, 4) is 16.9 Å². The summed E-state index contributed by atoms with van der Waals surface area (Å²) in [4.78, 5) is 2.31. The standard InChI is InChI=1S/C28H40N8OSi/c1-28(2,3)31-21-12-15-34(19-21)26-11-9-24(32-33-26)22-8-10-25(35-14-7-13-29-35)27-23(22)18-30-36(27)20-37-16-17-38(4,5)6/h7-11,13-14,18,21,31H,12,15-17,19-20H2,1-6H3. The molecule has 4 heterocycles. The fourth-order valence-corrected chi connectivity index (χ4v) is 5.72. The van der Waals surface area contributed by atoms with E-state index in [1.807, 2.05) is 27.8 Å². The van der Waals surface area contributed by atoms with Crippen molar-refractivity contribution in [1.29, 1.82) is 0 Å². The summed E-state index contributed by atoms with van der Waals surface area (Å²) in [6.07, 6.45) is 6.74. The van der Waals surface area contributed by atoms with E-state index in [-0.39, 0.29) is 5.54 Å². The minimum atomic E-state index is -1.16. The summed E-state index contributed by atoms with van der Waals surface area (Å²) in [7, 11) is -1.16. The Morgan fingerprint density at radius 3 is 2.61 bits per heavy atom. The lowest BCUT2D eigenvalue weighted by Crippen LogP contribution is -2.45. The third-order valence-corrected chi connectivity index (χ3v) is 8.52. The Balaban J connectivity index is 1.40. The lowest BCUT2D eigenvalue weighted by atomic mass is 10.1. The van der Waals surface area contributed by atoms with Crippen LogP contribution in [0.2, 0.25) is 25.7 Å². The molecule has 1 aliphatic heterocycles. The number of rotatable bonds is 9. The van der Waals surface area contributed by atoms with Gasteiger partial charge in [0.15, 0.2) is 5.82 Å². The van der Waals surface area contributed by atoms with Crippen LogP contribution in [0.5, 0.6) is 0 Å². The number of hydrogen-bond acceptors (Lipinski definition) is 7. The average molecular weight is 533 g/mol. The normalized spacial score (nSPS) is 16.6. The summed E-state index contributed by atoms with van der Waals surface area (Å²) < 4.78 is 9.86. The van der Waals surface area contributed by atoms with Crippen LogP contribution in [0, 0.1) is 0 Å². The second-order valence-corrected chi connectivity index (χ2v) is 18.1. The van der Waals surface area contributed by atoms with Crippen LogP contribution in [-0.2, 0) is 11.5 Å². The van der Waals surface area contributed by atoms with E-state index in [4.69, 9.17) is 9.84 Å². The highest BCUT2D eigenvalue weighted by Crippen LogP contribution is 2.32. The number of fused-ring (bicyclic) bond motifs is 1. The first-order valence-corrected chi connectivity index (χ1v) is 17.2. The number of nitrogens with zero attached hydrogens (tertiary/aromatic N) is 7. The minimum Gasteiger partial charge on any atom is -0.360 e. The number of benzene rings is 1. The molecular formula is C28H40N8OSi. The lowest BCUT2D eigenvalue weighted by Gasteiger charge is -2.26. The van der Waals surface area contributed by atoms with Crippen molar-refractivity contribution < 1.29 is 4.74 Å². The summed E-state index contributed by atoms with van der Waals surface area (Å²) in [6, 6.07) is 11.8. The van der Waals surface area contributed by atoms with Gasteiger partial charge in [-0.15, -0.1) is 10.2 Å². The molecule has 1 atom stereocenters. The third-order valence-electron chi connectivity index (χ3n) is 6.82. The van der Waals surface area contributed by atoms with Crippen molar-refractivity contribution in [2.24, 2.45) is 0 Å². The first-order valence-electron chi connectivity index (χ1n) is 13.5. The predicted octanol–water partition coefficient (Wildman–Crippen LogP) is 4.96. The van der Waals surface area contributed by atoms with E-state index < -0.39 is 8.07 Å². The summed E-state index contributed by atoms with van der Waals surface area (Å²) in [6.45, 7) is 16.8. The summed E-state index contributed by atoms with van der Waals surface area (Å²) in [5, 5.41) is 23.2. The van der Waals surface area contributed by atoms with Gasteiger partial charge in [0, 0.05) is 62.7 Å². The molecule has 0 radical (unpaired) electrons. The van der Waals surface area contributed by atoms with Gasteiger partial charge in [-0.25, -0.2) is 9.36 Å². The molecule has 4 aromatic rings. The van der Waals surface area contributed by atoms with Gasteiger partial charge in [-0.2, -0.15) is 10.2 Å². The quantitative estimate of drug-likeness (QED) is 0.241. The van der Waals surface area contributed by atoms with Crippen LogP contribution in [0.3, 0.4) is 0 Å². The maximum absolute atomic E-state index is 6.06. The van der Waals surface area contributed by atoms with Crippen LogP contribution >= 0.6 is 0 Å². The molecule has 3 aromatic heterocycles. The fourth-order valence-electron chi connectivity index (χ4n) is 4.97. The smallest absolute Gasteiger partial charge is 0.151 e. The molecule has 1 saturated heterocycles. The molecule has 1 unspecified atom stereocenters. The topological polar surface area (TPSA) is 85.9 Å². The maximum atomic E-state index is 6.06. The van der Waals surface area contributed by atoms with Crippen LogP contribution in [0.25, 0.3) is 27.8 Å². The van der Waals surface area contributed by atoms with Crippen molar-refractivity contribution in [2.45, 2.75) is 71.2 Å². The molecule has 0 bridgehead atoms. The molecule has 0 amide bonds. The Morgan fingerprint density at radius 1 is 1.08 bits per heavy atom. The second-order valence-electron chi connectivity index (χ2n) is 12.4. The Hall–Kier alpha value is -3.08. The summed E-state index contributed by atoms with van der Waals surface area (Å²) >= 11 is 0. The van der Waals surface area contributed by atoms with Crippen LogP contribution in [0.15, 0.2) is 48.9 Å². The second kappa shape index (κ2) is 10.6. The van der Waals surface area contributed by atoms with E-state index in [0.29, 0.717) is 12.8 Å².